The Bertz CT molecular complexity index is 1240. The van der Waals surface area contributed by atoms with Crippen LogP contribution in [-0.2, 0) is 13.0 Å². The minimum absolute atomic E-state index is 0.0601. The molecular weight excluding hydrogens is 462 g/mol. The Morgan fingerprint density at radius 1 is 0.943 bits per heavy atom. The topological polar surface area (TPSA) is 65.4 Å². The third-order valence-corrected chi connectivity index (χ3v) is 6.10. The molecule has 0 saturated carbocycles. The van der Waals surface area contributed by atoms with E-state index in [0.717, 1.165) is 60.6 Å². The number of aromatic nitrogens is 2. The molecule has 3 aromatic carbocycles. The van der Waals surface area contributed by atoms with Crippen LogP contribution < -0.4 is 14.8 Å². The second kappa shape index (κ2) is 12.3. The van der Waals surface area contributed by atoms with E-state index >= 15 is 0 Å². The van der Waals surface area contributed by atoms with Crippen molar-refractivity contribution in [3.05, 3.63) is 89.2 Å². The molecule has 0 aliphatic rings. The van der Waals surface area contributed by atoms with Crippen molar-refractivity contribution >= 4 is 28.5 Å². The number of rotatable bonds is 12. The molecule has 0 atom stereocenters. The summed E-state index contributed by atoms with van der Waals surface area (Å²) in [6, 6.07) is 22.7. The first-order chi connectivity index (χ1) is 17.1. The number of fused-ring (bicyclic) bond motifs is 1. The number of nitrogens with one attached hydrogen (secondary N) is 1. The maximum absolute atomic E-state index is 12.3. The Kier molecular flexibility index (Phi) is 8.63. The second-order valence-electron chi connectivity index (χ2n) is 8.27. The number of aryl methyl sites for hydroxylation is 1. The average molecular weight is 492 g/mol. The fraction of sp³-hybridized carbons (Fsp3) is 0.286. The van der Waals surface area contributed by atoms with Crippen LogP contribution in [0.3, 0.4) is 0 Å². The highest BCUT2D eigenvalue weighted by Gasteiger charge is 2.11. The van der Waals surface area contributed by atoms with Gasteiger partial charge in [0.05, 0.1) is 24.7 Å². The predicted molar refractivity (Wildman–Crippen MR) is 140 cm³/mol. The standard InChI is InChI=1S/C28H30ClN3O3/c1-34-23-14-10-21(11-15-23)28(33)30-18-6-2-3-9-27-31-25-7-4-5-8-26(25)32(27)19-20-35-24-16-12-22(29)13-17-24/h4-5,7-8,10-17H,2-3,6,9,18-20H2,1H3,(H,30,33). The van der Waals surface area contributed by atoms with Crippen molar-refractivity contribution in [2.45, 2.75) is 32.2 Å². The number of hydrogen-bond donors (Lipinski definition) is 1. The van der Waals surface area contributed by atoms with Crippen LogP contribution in [0.25, 0.3) is 11.0 Å². The molecule has 4 aromatic rings. The van der Waals surface area contributed by atoms with Crippen molar-refractivity contribution in [3.8, 4) is 11.5 Å². The largest absolute Gasteiger partial charge is 0.497 e. The van der Waals surface area contributed by atoms with Crippen molar-refractivity contribution in [2.24, 2.45) is 0 Å². The van der Waals surface area contributed by atoms with Gasteiger partial charge in [0.25, 0.3) is 5.91 Å². The highest BCUT2D eigenvalue weighted by molar-refractivity contribution is 6.30. The smallest absolute Gasteiger partial charge is 0.251 e. The molecule has 0 fully saturated rings. The Morgan fingerprint density at radius 3 is 2.46 bits per heavy atom. The highest BCUT2D eigenvalue weighted by Crippen LogP contribution is 2.19. The van der Waals surface area contributed by atoms with Crippen LogP contribution in [0.5, 0.6) is 11.5 Å². The molecule has 1 aromatic heterocycles. The van der Waals surface area contributed by atoms with Gasteiger partial charge in [0.15, 0.2) is 0 Å². The van der Waals surface area contributed by atoms with Gasteiger partial charge in [-0.1, -0.05) is 30.2 Å². The van der Waals surface area contributed by atoms with E-state index in [1.165, 1.54) is 0 Å². The van der Waals surface area contributed by atoms with Gasteiger partial charge in [0.1, 0.15) is 23.9 Å². The predicted octanol–water partition coefficient (Wildman–Crippen LogP) is 5.92. The van der Waals surface area contributed by atoms with Gasteiger partial charge in [0.2, 0.25) is 0 Å². The number of amides is 1. The van der Waals surface area contributed by atoms with E-state index in [4.69, 9.17) is 26.1 Å². The summed E-state index contributed by atoms with van der Waals surface area (Å²) < 4.78 is 13.3. The van der Waals surface area contributed by atoms with E-state index in [-0.39, 0.29) is 5.91 Å². The zero-order valence-electron chi connectivity index (χ0n) is 19.9. The number of methoxy groups -OCH3 is 1. The number of para-hydroxylation sites is 2. The van der Waals surface area contributed by atoms with Crippen molar-refractivity contribution < 1.29 is 14.3 Å². The summed E-state index contributed by atoms with van der Waals surface area (Å²) in [7, 11) is 1.61. The van der Waals surface area contributed by atoms with Gasteiger partial charge in [0, 0.05) is 23.6 Å². The number of ether oxygens (including phenoxy) is 2. The number of unbranched alkanes of at least 4 members (excludes halogenated alkanes) is 2. The molecule has 0 aliphatic heterocycles. The lowest BCUT2D eigenvalue weighted by atomic mass is 10.1. The molecule has 6 nitrogen and oxygen atoms in total. The zero-order chi connectivity index (χ0) is 24.5. The summed E-state index contributed by atoms with van der Waals surface area (Å²) in [5, 5.41) is 3.68. The van der Waals surface area contributed by atoms with Crippen molar-refractivity contribution in [1.29, 1.82) is 0 Å². The van der Waals surface area contributed by atoms with Crippen LogP contribution in [0, 0.1) is 0 Å². The van der Waals surface area contributed by atoms with Gasteiger partial charge in [-0.2, -0.15) is 0 Å². The maximum Gasteiger partial charge on any atom is 0.251 e. The quantitative estimate of drug-likeness (QED) is 0.250. The number of benzene rings is 3. The average Bonchev–Trinajstić information content (AvgIpc) is 3.24. The minimum Gasteiger partial charge on any atom is -0.497 e. The molecular formula is C28H30ClN3O3. The molecule has 1 heterocycles. The van der Waals surface area contributed by atoms with E-state index in [0.29, 0.717) is 23.7 Å². The van der Waals surface area contributed by atoms with Gasteiger partial charge < -0.3 is 19.4 Å². The Balaban J connectivity index is 1.25. The Hall–Kier alpha value is -3.51. The molecule has 0 aliphatic carbocycles. The molecule has 182 valence electrons. The van der Waals surface area contributed by atoms with Crippen molar-refractivity contribution in [3.63, 3.8) is 0 Å². The number of hydrogen-bond acceptors (Lipinski definition) is 4. The van der Waals surface area contributed by atoms with E-state index in [1.807, 2.05) is 42.5 Å². The maximum atomic E-state index is 12.3. The molecule has 0 radical (unpaired) electrons. The Morgan fingerprint density at radius 2 is 1.69 bits per heavy atom. The third kappa shape index (κ3) is 6.76. The van der Waals surface area contributed by atoms with Gasteiger partial charge >= 0.3 is 0 Å². The SMILES string of the molecule is COc1ccc(C(=O)NCCCCCc2nc3ccccc3n2CCOc2ccc(Cl)cc2)cc1. The van der Waals surface area contributed by atoms with E-state index in [2.05, 4.69) is 16.0 Å². The van der Waals surface area contributed by atoms with Crippen LogP contribution in [0.1, 0.15) is 35.4 Å². The summed E-state index contributed by atoms with van der Waals surface area (Å²) in [4.78, 5) is 17.1. The molecule has 0 bridgehead atoms. The fourth-order valence-corrected chi connectivity index (χ4v) is 4.11. The molecule has 1 N–H and O–H groups in total. The molecule has 35 heavy (non-hydrogen) atoms. The lowest BCUT2D eigenvalue weighted by molar-refractivity contribution is 0.0953. The molecule has 4 rings (SSSR count). The first-order valence-corrected chi connectivity index (χ1v) is 12.3. The monoisotopic (exact) mass is 491 g/mol. The van der Waals surface area contributed by atoms with Crippen molar-refractivity contribution in [2.75, 3.05) is 20.3 Å². The molecule has 0 spiro atoms. The molecule has 7 heteroatoms. The van der Waals surface area contributed by atoms with Gasteiger partial charge in [-0.15, -0.1) is 0 Å². The minimum atomic E-state index is -0.0601. The number of imidazole rings is 1. The number of halogens is 1. The second-order valence-corrected chi connectivity index (χ2v) is 8.70. The summed E-state index contributed by atoms with van der Waals surface area (Å²) in [5.41, 5.74) is 2.76. The Labute approximate surface area is 210 Å². The van der Waals surface area contributed by atoms with E-state index in [1.54, 1.807) is 31.4 Å². The number of carbonyl (C=O) groups excluding carboxylic acids is 1. The van der Waals surface area contributed by atoms with Crippen LogP contribution in [0.2, 0.25) is 5.02 Å². The summed E-state index contributed by atoms with van der Waals surface area (Å²) in [6.07, 6.45) is 3.80. The normalized spacial score (nSPS) is 10.9. The lowest BCUT2D eigenvalue weighted by Gasteiger charge is -2.11. The first-order valence-electron chi connectivity index (χ1n) is 11.9. The molecule has 0 unspecified atom stereocenters. The van der Waals surface area contributed by atoms with Gasteiger partial charge in [-0.05, 0) is 73.5 Å². The summed E-state index contributed by atoms with van der Waals surface area (Å²) in [5.74, 6) is 2.55. The zero-order valence-corrected chi connectivity index (χ0v) is 20.6. The van der Waals surface area contributed by atoms with E-state index < -0.39 is 0 Å². The fourth-order valence-electron chi connectivity index (χ4n) is 3.98. The van der Waals surface area contributed by atoms with Crippen LogP contribution in [0.15, 0.2) is 72.8 Å². The molecule has 1 amide bonds. The van der Waals surface area contributed by atoms with Gasteiger partial charge in [-0.3, -0.25) is 4.79 Å². The number of nitrogens with zero attached hydrogens (tertiary/aromatic N) is 2. The first kappa shape index (κ1) is 24.6. The van der Waals surface area contributed by atoms with E-state index in [9.17, 15) is 4.79 Å². The van der Waals surface area contributed by atoms with Crippen LogP contribution in [0.4, 0.5) is 0 Å². The third-order valence-electron chi connectivity index (χ3n) is 5.85. The lowest BCUT2D eigenvalue weighted by Crippen LogP contribution is -2.24. The van der Waals surface area contributed by atoms with Gasteiger partial charge in [-0.25, -0.2) is 4.98 Å². The summed E-state index contributed by atoms with van der Waals surface area (Å²) in [6.45, 7) is 1.92. The van der Waals surface area contributed by atoms with Crippen LogP contribution in [-0.4, -0.2) is 35.7 Å². The summed E-state index contributed by atoms with van der Waals surface area (Å²) >= 11 is 5.95. The van der Waals surface area contributed by atoms with Crippen LogP contribution >= 0.6 is 11.6 Å². The van der Waals surface area contributed by atoms with Crippen molar-refractivity contribution in [1.82, 2.24) is 14.9 Å². The molecule has 0 saturated heterocycles. The highest BCUT2D eigenvalue weighted by atomic mass is 35.5. The number of carbonyl (C=O) groups is 1.